The zero-order chi connectivity index (χ0) is 21.7. The number of hydrogen-bond donors (Lipinski definition) is 0. The van der Waals surface area contributed by atoms with Crippen molar-refractivity contribution in [2.75, 3.05) is 0 Å². The van der Waals surface area contributed by atoms with Crippen molar-refractivity contribution in [3.05, 3.63) is 12.2 Å². The van der Waals surface area contributed by atoms with Crippen molar-refractivity contribution in [2.45, 2.75) is 119 Å². The molecule has 0 aliphatic heterocycles. The maximum Gasteiger partial charge on any atom is -0.0175 e. The summed E-state index contributed by atoms with van der Waals surface area (Å²) in [4.78, 5) is 0. The van der Waals surface area contributed by atoms with E-state index in [9.17, 15) is 0 Å². The van der Waals surface area contributed by atoms with E-state index in [-0.39, 0.29) is 0 Å². The van der Waals surface area contributed by atoms with Crippen molar-refractivity contribution in [2.24, 2.45) is 56.7 Å². The molecule has 5 rings (SSSR count). The molecule has 0 saturated heterocycles. The van der Waals surface area contributed by atoms with Gasteiger partial charge in [0.05, 0.1) is 0 Å². The molecular weight excluding hydrogens is 360 g/mol. The van der Waals surface area contributed by atoms with E-state index in [1.165, 1.54) is 76.2 Å². The van der Waals surface area contributed by atoms with Gasteiger partial charge in [0.2, 0.25) is 0 Å². The molecule has 0 bridgehead atoms. The van der Waals surface area contributed by atoms with Gasteiger partial charge in [-0.25, -0.2) is 0 Å². The van der Waals surface area contributed by atoms with Crippen LogP contribution in [-0.4, -0.2) is 0 Å². The molecule has 0 N–H and O–H groups in total. The fourth-order valence-electron chi connectivity index (χ4n) is 11.9. The van der Waals surface area contributed by atoms with Crippen LogP contribution >= 0.6 is 0 Å². The van der Waals surface area contributed by atoms with E-state index in [1.807, 2.05) is 0 Å². The van der Waals surface area contributed by atoms with Crippen molar-refractivity contribution >= 4 is 0 Å². The van der Waals surface area contributed by atoms with Gasteiger partial charge in [-0.05, 0) is 128 Å². The maximum absolute atomic E-state index is 4.43. The number of allylic oxidation sites excluding steroid dienone is 1. The van der Waals surface area contributed by atoms with Crippen molar-refractivity contribution in [1.29, 1.82) is 0 Å². The van der Waals surface area contributed by atoms with Crippen LogP contribution in [-0.2, 0) is 0 Å². The average molecular weight is 411 g/mol. The second kappa shape index (κ2) is 6.41. The lowest BCUT2D eigenvalue weighted by molar-refractivity contribution is -0.240. The van der Waals surface area contributed by atoms with E-state index in [1.54, 1.807) is 0 Å². The minimum atomic E-state index is 0.542. The van der Waals surface area contributed by atoms with Crippen LogP contribution in [0.5, 0.6) is 0 Å². The molecule has 5 aliphatic rings. The van der Waals surface area contributed by atoms with Crippen LogP contribution in [0.25, 0.3) is 0 Å². The lowest BCUT2D eigenvalue weighted by Crippen LogP contribution is -2.65. The van der Waals surface area contributed by atoms with Gasteiger partial charge < -0.3 is 0 Å². The highest BCUT2D eigenvalue weighted by molar-refractivity contribution is 5.20. The zero-order valence-corrected chi connectivity index (χ0v) is 21.4. The largest absolute Gasteiger partial charge is 0.0999 e. The van der Waals surface area contributed by atoms with E-state index < -0.39 is 0 Å². The van der Waals surface area contributed by atoms with Crippen molar-refractivity contribution in [3.8, 4) is 0 Å². The van der Waals surface area contributed by atoms with E-state index >= 15 is 0 Å². The molecule has 0 amide bonds. The molecule has 170 valence electrons. The van der Waals surface area contributed by atoms with Gasteiger partial charge in [-0.3, -0.25) is 0 Å². The molecule has 5 saturated carbocycles. The van der Waals surface area contributed by atoms with Crippen LogP contribution < -0.4 is 0 Å². The van der Waals surface area contributed by atoms with Gasteiger partial charge in [-0.1, -0.05) is 60.1 Å². The summed E-state index contributed by atoms with van der Waals surface area (Å²) >= 11 is 0. The highest BCUT2D eigenvalue weighted by atomic mass is 14.7. The topological polar surface area (TPSA) is 0 Å². The Morgan fingerprint density at radius 3 is 1.87 bits per heavy atom. The maximum atomic E-state index is 4.43. The highest BCUT2D eigenvalue weighted by Gasteiger charge is 2.70. The number of hydrogen-bond acceptors (Lipinski definition) is 0. The van der Waals surface area contributed by atoms with Crippen LogP contribution in [0.15, 0.2) is 12.2 Å². The van der Waals surface area contributed by atoms with Crippen LogP contribution in [0.3, 0.4) is 0 Å². The molecule has 0 aromatic heterocycles. The van der Waals surface area contributed by atoms with Crippen molar-refractivity contribution in [1.82, 2.24) is 0 Å². The van der Waals surface area contributed by atoms with Crippen molar-refractivity contribution < 1.29 is 0 Å². The summed E-state index contributed by atoms with van der Waals surface area (Å²) in [6.07, 6.45) is 16.3. The summed E-state index contributed by atoms with van der Waals surface area (Å²) in [7, 11) is 0. The standard InChI is InChI=1S/C30H50/c1-20(2)21-12-17-27(5)22(21)13-18-29(7)24(27)10-11-25-28(6)16-9-15-26(3,4)23(28)14-19-30(25,29)8/h21-25H,1,9-19H2,2-8H3/t21-,22-,23+,24-,25-,27+,28+,29-,30-/m1/s1. The molecule has 0 aromatic rings. The highest BCUT2D eigenvalue weighted by Crippen LogP contribution is 2.77. The van der Waals surface area contributed by atoms with Crippen LogP contribution in [0.4, 0.5) is 0 Å². The predicted molar refractivity (Wildman–Crippen MR) is 129 cm³/mol. The van der Waals surface area contributed by atoms with E-state index in [2.05, 4.69) is 55.0 Å². The summed E-state index contributed by atoms with van der Waals surface area (Å²) in [6.45, 7) is 23.0. The Labute approximate surface area is 188 Å². The Kier molecular flexibility index (Phi) is 4.61. The van der Waals surface area contributed by atoms with Crippen LogP contribution in [0.2, 0.25) is 0 Å². The first-order chi connectivity index (χ1) is 13.9. The number of rotatable bonds is 1. The van der Waals surface area contributed by atoms with Gasteiger partial charge >= 0.3 is 0 Å². The third-order valence-corrected chi connectivity index (χ3v) is 13.3. The Balaban J connectivity index is 1.53. The van der Waals surface area contributed by atoms with Crippen LogP contribution in [0.1, 0.15) is 119 Å². The summed E-state index contributed by atoms with van der Waals surface area (Å²) in [5, 5.41) is 0. The molecular formula is C30H50. The fraction of sp³-hybridized carbons (Fsp3) is 0.933. The fourth-order valence-corrected chi connectivity index (χ4v) is 11.9. The molecule has 5 aliphatic carbocycles. The molecule has 0 aromatic carbocycles. The third-order valence-electron chi connectivity index (χ3n) is 13.3. The molecule has 0 heterocycles. The Hall–Kier alpha value is -0.260. The second-order valence-corrected chi connectivity index (χ2v) is 14.6. The Morgan fingerprint density at radius 2 is 1.23 bits per heavy atom. The van der Waals surface area contributed by atoms with Gasteiger partial charge in [0.15, 0.2) is 0 Å². The molecule has 5 fully saturated rings. The molecule has 0 spiro atoms. The zero-order valence-electron chi connectivity index (χ0n) is 21.4. The van der Waals surface area contributed by atoms with E-state index in [0.29, 0.717) is 27.1 Å². The average Bonchev–Trinajstić information content (AvgIpc) is 2.99. The summed E-state index contributed by atoms with van der Waals surface area (Å²) < 4.78 is 0. The molecule has 0 unspecified atom stereocenters. The lowest BCUT2D eigenvalue weighted by Gasteiger charge is -2.73. The molecule has 0 heteroatoms. The van der Waals surface area contributed by atoms with Crippen LogP contribution in [0, 0.1) is 56.7 Å². The summed E-state index contributed by atoms with van der Waals surface area (Å²) in [6, 6.07) is 0. The normalized spacial score (nSPS) is 57.0. The molecule has 0 radical (unpaired) electrons. The smallest absolute Gasteiger partial charge is 0.0175 e. The van der Waals surface area contributed by atoms with E-state index in [4.69, 9.17) is 0 Å². The first-order valence-corrected chi connectivity index (χ1v) is 13.6. The lowest BCUT2D eigenvalue weighted by atomic mass is 9.32. The first kappa shape index (κ1) is 21.6. The third kappa shape index (κ3) is 2.46. The van der Waals surface area contributed by atoms with Gasteiger partial charge in [0.25, 0.3) is 0 Å². The van der Waals surface area contributed by atoms with Crippen molar-refractivity contribution in [3.63, 3.8) is 0 Å². The summed E-state index contributed by atoms with van der Waals surface area (Å²) in [5.41, 5.74) is 4.26. The molecule has 30 heavy (non-hydrogen) atoms. The minimum Gasteiger partial charge on any atom is -0.0999 e. The first-order valence-electron chi connectivity index (χ1n) is 13.6. The minimum absolute atomic E-state index is 0.542. The molecule has 0 nitrogen and oxygen atoms in total. The number of fused-ring (bicyclic) bond motifs is 7. The second-order valence-electron chi connectivity index (χ2n) is 14.6. The van der Waals surface area contributed by atoms with Gasteiger partial charge in [0.1, 0.15) is 0 Å². The van der Waals surface area contributed by atoms with Gasteiger partial charge in [0, 0.05) is 0 Å². The Morgan fingerprint density at radius 1 is 0.633 bits per heavy atom. The predicted octanol–water partition coefficient (Wildman–Crippen LogP) is 9.05. The molecule has 9 atom stereocenters. The quantitative estimate of drug-likeness (QED) is 0.378. The van der Waals surface area contributed by atoms with Gasteiger partial charge in [-0.2, -0.15) is 0 Å². The summed E-state index contributed by atoms with van der Waals surface area (Å²) in [5.74, 6) is 4.54. The Bertz CT molecular complexity index is 730. The monoisotopic (exact) mass is 410 g/mol. The SMILES string of the molecule is C=C(C)[C@H]1CC[C@@]2(C)[C@@H]1CC[C@]1(C)[C@@H]2CC[C@@H]2[C@@]3(C)CCCC(C)(C)[C@@H]3CC[C@]21C. The van der Waals surface area contributed by atoms with Gasteiger partial charge in [-0.15, -0.1) is 0 Å². The van der Waals surface area contributed by atoms with E-state index in [0.717, 1.165) is 29.6 Å².